The van der Waals surface area contributed by atoms with E-state index in [1.807, 2.05) is 24.3 Å². The predicted octanol–water partition coefficient (Wildman–Crippen LogP) is 3.26. The summed E-state index contributed by atoms with van der Waals surface area (Å²) in [5.74, 6) is 1.12. The SMILES string of the molecule is CC(=O)Nc1cccc(CN=C(N)NC(C)CCCC(C)C)c1. The molecule has 5 heteroatoms. The van der Waals surface area contributed by atoms with Gasteiger partial charge in [0.25, 0.3) is 0 Å². The number of hydrogen-bond donors (Lipinski definition) is 3. The quantitative estimate of drug-likeness (QED) is 0.508. The van der Waals surface area contributed by atoms with Gasteiger partial charge in [-0.05, 0) is 37.0 Å². The summed E-state index contributed by atoms with van der Waals surface area (Å²) < 4.78 is 0. The number of rotatable bonds is 8. The minimum absolute atomic E-state index is 0.0814. The normalized spacial score (nSPS) is 13.0. The number of anilines is 1. The van der Waals surface area contributed by atoms with Crippen LogP contribution in [0.1, 0.15) is 52.5 Å². The minimum atomic E-state index is -0.0814. The number of benzene rings is 1. The van der Waals surface area contributed by atoms with Crippen molar-refractivity contribution in [3.8, 4) is 0 Å². The molecule has 1 amide bonds. The number of hydrogen-bond acceptors (Lipinski definition) is 2. The maximum absolute atomic E-state index is 11.1. The summed E-state index contributed by atoms with van der Waals surface area (Å²) in [5, 5.41) is 5.99. The van der Waals surface area contributed by atoms with Crippen molar-refractivity contribution in [1.29, 1.82) is 0 Å². The van der Waals surface area contributed by atoms with Crippen molar-refractivity contribution in [1.82, 2.24) is 5.32 Å². The van der Waals surface area contributed by atoms with Crippen LogP contribution in [-0.4, -0.2) is 17.9 Å². The zero-order valence-corrected chi connectivity index (χ0v) is 14.7. The maximum atomic E-state index is 11.1. The number of carbonyl (C=O) groups excluding carboxylic acids is 1. The molecule has 0 aliphatic carbocycles. The van der Waals surface area contributed by atoms with Gasteiger partial charge >= 0.3 is 0 Å². The third-order valence-electron chi connectivity index (χ3n) is 3.49. The Balaban J connectivity index is 2.45. The lowest BCUT2D eigenvalue weighted by molar-refractivity contribution is -0.114. The second kappa shape index (κ2) is 9.87. The molecule has 0 saturated heterocycles. The highest BCUT2D eigenvalue weighted by atomic mass is 16.1. The zero-order valence-electron chi connectivity index (χ0n) is 14.7. The van der Waals surface area contributed by atoms with Gasteiger partial charge in [-0.15, -0.1) is 0 Å². The van der Waals surface area contributed by atoms with Crippen molar-refractivity contribution in [2.24, 2.45) is 16.6 Å². The highest BCUT2D eigenvalue weighted by Crippen LogP contribution is 2.11. The largest absolute Gasteiger partial charge is 0.370 e. The molecule has 0 heterocycles. The Hall–Kier alpha value is -2.04. The van der Waals surface area contributed by atoms with E-state index in [1.54, 1.807) is 0 Å². The summed E-state index contributed by atoms with van der Waals surface area (Å²) in [7, 11) is 0. The lowest BCUT2D eigenvalue weighted by Gasteiger charge is -2.15. The molecule has 1 rings (SSSR count). The number of carbonyl (C=O) groups is 1. The topological polar surface area (TPSA) is 79.5 Å². The fourth-order valence-electron chi connectivity index (χ4n) is 2.33. The molecule has 5 nitrogen and oxygen atoms in total. The van der Waals surface area contributed by atoms with Gasteiger partial charge in [-0.25, -0.2) is 4.99 Å². The van der Waals surface area contributed by atoms with E-state index in [0.29, 0.717) is 18.5 Å². The Morgan fingerprint density at radius 3 is 2.65 bits per heavy atom. The first-order valence-corrected chi connectivity index (χ1v) is 8.29. The summed E-state index contributed by atoms with van der Waals surface area (Å²) in [4.78, 5) is 15.4. The number of aliphatic imine (C=N–C) groups is 1. The maximum Gasteiger partial charge on any atom is 0.221 e. The molecule has 23 heavy (non-hydrogen) atoms. The van der Waals surface area contributed by atoms with Crippen molar-refractivity contribution in [2.75, 3.05) is 5.32 Å². The van der Waals surface area contributed by atoms with E-state index in [4.69, 9.17) is 5.73 Å². The van der Waals surface area contributed by atoms with E-state index in [9.17, 15) is 4.79 Å². The van der Waals surface area contributed by atoms with Crippen LogP contribution in [0.15, 0.2) is 29.3 Å². The summed E-state index contributed by atoms with van der Waals surface area (Å²) in [5.41, 5.74) is 7.73. The fourth-order valence-corrected chi connectivity index (χ4v) is 2.33. The number of nitrogens with one attached hydrogen (secondary N) is 2. The van der Waals surface area contributed by atoms with Crippen LogP contribution in [0.3, 0.4) is 0 Å². The van der Waals surface area contributed by atoms with E-state index in [-0.39, 0.29) is 5.91 Å². The van der Waals surface area contributed by atoms with Gasteiger partial charge in [0, 0.05) is 18.7 Å². The molecular formula is C18H30N4O. The minimum Gasteiger partial charge on any atom is -0.370 e. The Bertz CT molecular complexity index is 526. The molecule has 128 valence electrons. The smallest absolute Gasteiger partial charge is 0.221 e. The van der Waals surface area contributed by atoms with Gasteiger partial charge in [0.1, 0.15) is 0 Å². The summed E-state index contributed by atoms with van der Waals surface area (Å²) in [6.07, 6.45) is 3.52. The molecule has 0 radical (unpaired) electrons. The van der Waals surface area contributed by atoms with E-state index in [1.165, 1.54) is 19.8 Å². The van der Waals surface area contributed by atoms with E-state index >= 15 is 0 Å². The van der Waals surface area contributed by atoms with Gasteiger partial charge in [-0.2, -0.15) is 0 Å². The molecule has 0 saturated carbocycles. The third kappa shape index (κ3) is 8.86. The van der Waals surface area contributed by atoms with Crippen LogP contribution in [0.5, 0.6) is 0 Å². The number of guanidine groups is 1. The summed E-state index contributed by atoms with van der Waals surface area (Å²) in [6, 6.07) is 7.95. The van der Waals surface area contributed by atoms with Crippen molar-refractivity contribution >= 4 is 17.6 Å². The summed E-state index contributed by atoms with van der Waals surface area (Å²) >= 11 is 0. The van der Waals surface area contributed by atoms with Crippen molar-refractivity contribution in [3.05, 3.63) is 29.8 Å². The van der Waals surface area contributed by atoms with Crippen molar-refractivity contribution < 1.29 is 4.79 Å². The number of nitrogens with two attached hydrogens (primary N) is 1. The Morgan fingerprint density at radius 2 is 2.00 bits per heavy atom. The standard InChI is InChI=1S/C18H30N4O/c1-13(2)7-5-8-14(3)21-18(19)20-12-16-9-6-10-17(11-16)22-15(4)23/h6,9-11,13-14H,5,7-8,12H2,1-4H3,(H,22,23)(H3,19,20,21). The Kier molecular flexibility index (Phi) is 8.16. The van der Waals surface area contributed by atoms with Gasteiger partial charge in [-0.1, -0.05) is 38.8 Å². The molecule has 1 atom stereocenters. The molecule has 0 bridgehead atoms. The average Bonchev–Trinajstić information content (AvgIpc) is 2.44. The summed E-state index contributed by atoms with van der Waals surface area (Å²) in [6.45, 7) is 8.59. The molecule has 0 aliphatic rings. The molecule has 0 fully saturated rings. The molecule has 0 spiro atoms. The van der Waals surface area contributed by atoms with Crippen LogP contribution in [0.2, 0.25) is 0 Å². The molecule has 0 aliphatic heterocycles. The van der Waals surface area contributed by atoms with Gasteiger partial charge in [0.05, 0.1) is 6.54 Å². The van der Waals surface area contributed by atoms with Crippen LogP contribution in [0.4, 0.5) is 5.69 Å². The lowest BCUT2D eigenvalue weighted by Crippen LogP contribution is -2.38. The third-order valence-corrected chi connectivity index (χ3v) is 3.49. The van der Waals surface area contributed by atoms with Gasteiger partial charge in [0.2, 0.25) is 5.91 Å². The van der Waals surface area contributed by atoms with E-state index < -0.39 is 0 Å². The fraction of sp³-hybridized carbons (Fsp3) is 0.556. The molecule has 0 aromatic heterocycles. The van der Waals surface area contributed by atoms with Gasteiger partial charge in [0.15, 0.2) is 5.96 Å². The molecule has 4 N–H and O–H groups in total. The van der Waals surface area contributed by atoms with Crippen LogP contribution in [0.25, 0.3) is 0 Å². The first-order valence-electron chi connectivity index (χ1n) is 8.29. The van der Waals surface area contributed by atoms with Crippen LogP contribution >= 0.6 is 0 Å². The first kappa shape index (κ1) is 19.0. The highest BCUT2D eigenvalue weighted by Gasteiger charge is 2.04. The second-order valence-corrected chi connectivity index (χ2v) is 6.45. The zero-order chi connectivity index (χ0) is 17.2. The molecule has 1 aromatic rings. The Morgan fingerprint density at radius 1 is 1.26 bits per heavy atom. The Labute approximate surface area is 139 Å². The van der Waals surface area contributed by atoms with Crippen LogP contribution in [0, 0.1) is 5.92 Å². The monoisotopic (exact) mass is 318 g/mol. The highest BCUT2D eigenvalue weighted by molar-refractivity contribution is 5.88. The average molecular weight is 318 g/mol. The predicted molar refractivity (Wildman–Crippen MR) is 97.4 cm³/mol. The molecular weight excluding hydrogens is 288 g/mol. The number of nitrogens with zero attached hydrogens (tertiary/aromatic N) is 1. The van der Waals surface area contributed by atoms with Gasteiger partial charge in [-0.3, -0.25) is 4.79 Å². The van der Waals surface area contributed by atoms with Gasteiger partial charge < -0.3 is 16.4 Å². The van der Waals surface area contributed by atoms with Crippen molar-refractivity contribution in [2.45, 2.75) is 59.5 Å². The first-order chi connectivity index (χ1) is 10.9. The van der Waals surface area contributed by atoms with E-state index in [0.717, 1.165) is 23.6 Å². The van der Waals surface area contributed by atoms with Crippen molar-refractivity contribution in [3.63, 3.8) is 0 Å². The van der Waals surface area contributed by atoms with E-state index in [2.05, 4.69) is 36.4 Å². The molecule has 1 unspecified atom stereocenters. The van der Waals surface area contributed by atoms with Crippen LogP contribution in [-0.2, 0) is 11.3 Å². The lowest BCUT2D eigenvalue weighted by atomic mass is 10.0. The molecule has 1 aromatic carbocycles. The second-order valence-electron chi connectivity index (χ2n) is 6.45. The number of amides is 1. The van der Waals surface area contributed by atoms with Crippen LogP contribution < -0.4 is 16.4 Å².